The Kier molecular flexibility index (Phi) is 4.36. The van der Waals surface area contributed by atoms with E-state index < -0.39 is 17.2 Å². The maximum atomic E-state index is 10.2. The van der Waals surface area contributed by atoms with E-state index in [4.69, 9.17) is 10.2 Å². The first-order chi connectivity index (χ1) is 5.09. The third-order valence-electron chi connectivity index (χ3n) is 0.829. The molecule has 0 radical (unpaired) electrons. The normalized spacial score (nSPS) is 9.55. The van der Waals surface area contributed by atoms with Crippen LogP contribution in [0.25, 0.3) is 0 Å². The Morgan fingerprint density at radius 1 is 1.45 bits per heavy atom. The first-order valence-corrected chi connectivity index (χ1v) is 3.82. The van der Waals surface area contributed by atoms with Gasteiger partial charge in [-0.3, -0.25) is 9.59 Å². The van der Waals surface area contributed by atoms with E-state index in [1.54, 1.807) is 0 Å². The largest absolute Gasteiger partial charge is 0.480 e. The lowest BCUT2D eigenvalue weighted by Gasteiger charge is -2.03. The SMILES string of the molecule is C=CCSC(C(=O)O)C(=O)O. The molecule has 2 N–H and O–H groups in total. The summed E-state index contributed by atoms with van der Waals surface area (Å²) in [5.74, 6) is -2.34. The van der Waals surface area contributed by atoms with Crippen LogP contribution in [0, 0.1) is 0 Å². The maximum Gasteiger partial charge on any atom is 0.328 e. The highest BCUT2D eigenvalue weighted by Crippen LogP contribution is 2.10. The number of thioether (sulfide) groups is 1. The summed E-state index contributed by atoms with van der Waals surface area (Å²) in [4.78, 5) is 20.4. The zero-order chi connectivity index (χ0) is 8.85. The molecule has 62 valence electrons. The van der Waals surface area contributed by atoms with Gasteiger partial charge in [-0.15, -0.1) is 18.3 Å². The minimum atomic E-state index is -1.38. The minimum Gasteiger partial charge on any atom is -0.480 e. The van der Waals surface area contributed by atoms with Crippen molar-refractivity contribution in [2.24, 2.45) is 0 Å². The number of aliphatic carboxylic acids is 2. The Hall–Kier alpha value is -0.970. The smallest absolute Gasteiger partial charge is 0.328 e. The molecule has 0 aromatic heterocycles. The highest BCUT2D eigenvalue weighted by Gasteiger charge is 2.25. The van der Waals surface area contributed by atoms with Crippen LogP contribution < -0.4 is 0 Å². The average Bonchev–Trinajstić information content (AvgIpc) is 1.87. The van der Waals surface area contributed by atoms with Gasteiger partial charge in [0.15, 0.2) is 5.25 Å². The van der Waals surface area contributed by atoms with Crippen LogP contribution in [0.4, 0.5) is 0 Å². The van der Waals surface area contributed by atoms with E-state index in [-0.39, 0.29) is 0 Å². The molecule has 0 saturated carbocycles. The van der Waals surface area contributed by atoms with Crippen molar-refractivity contribution in [3.63, 3.8) is 0 Å². The van der Waals surface area contributed by atoms with E-state index in [9.17, 15) is 9.59 Å². The summed E-state index contributed by atoms with van der Waals surface area (Å²) in [6, 6.07) is 0. The second kappa shape index (κ2) is 4.79. The predicted octanol–water partition coefficient (Wildman–Crippen LogP) is 0.443. The minimum absolute atomic E-state index is 0.323. The second-order valence-corrected chi connectivity index (χ2v) is 2.82. The number of hydrogen-bond donors (Lipinski definition) is 2. The van der Waals surface area contributed by atoms with Crippen LogP contribution in [0.5, 0.6) is 0 Å². The van der Waals surface area contributed by atoms with Crippen molar-refractivity contribution in [1.29, 1.82) is 0 Å². The standard InChI is InChI=1S/C6H8O4S/c1-2-3-11-4(5(7)8)6(9)10/h2,4H,1,3H2,(H,7,8)(H,9,10). The summed E-state index contributed by atoms with van der Waals surface area (Å²) in [6.45, 7) is 3.34. The molecule has 0 aliphatic rings. The molecule has 0 unspecified atom stereocenters. The van der Waals surface area contributed by atoms with Gasteiger partial charge in [0, 0.05) is 5.75 Å². The predicted molar refractivity (Wildman–Crippen MR) is 41.7 cm³/mol. The van der Waals surface area contributed by atoms with Gasteiger partial charge in [0.2, 0.25) is 0 Å². The summed E-state index contributed by atoms with van der Waals surface area (Å²) in [5.41, 5.74) is 0. The molecule has 0 atom stereocenters. The van der Waals surface area contributed by atoms with Crippen molar-refractivity contribution in [3.05, 3.63) is 12.7 Å². The topological polar surface area (TPSA) is 74.6 Å². The quantitative estimate of drug-likeness (QED) is 0.469. The van der Waals surface area contributed by atoms with E-state index >= 15 is 0 Å². The van der Waals surface area contributed by atoms with E-state index in [0.29, 0.717) is 5.75 Å². The van der Waals surface area contributed by atoms with Gasteiger partial charge in [-0.2, -0.15) is 0 Å². The van der Waals surface area contributed by atoms with Crippen molar-refractivity contribution in [1.82, 2.24) is 0 Å². The molecule has 0 aromatic carbocycles. The summed E-state index contributed by atoms with van der Waals surface area (Å²) in [5, 5.41) is 15.3. The highest BCUT2D eigenvalue weighted by atomic mass is 32.2. The van der Waals surface area contributed by atoms with Crippen molar-refractivity contribution in [2.75, 3.05) is 5.75 Å². The van der Waals surface area contributed by atoms with Crippen LogP contribution in [0.3, 0.4) is 0 Å². The van der Waals surface area contributed by atoms with Gasteiger partial charge in [0.1, 0.15) is 0 Å². The second-order valence-electron chi connectivity index (χ2n) is 1.68. The molecule has 5 heteroatoms. The van der Waals surface area contributed by atoms with E-state index in [0.717, 1.165) is 11.8 Å². The van der Waals surface area contributed by atoms with Gasteiger partial charge in [-0.1, -0.05) is 6.08 Å². The third kappa shape index (κ3) is 3.67. The van der Waals surface area contributed by atoms with Crippen molar-refractivity contribution < 1.29 is 19.8 Å². The van der Waals surface area contributed by atoms with Crippen LogP contribution in [0.1, 0.15) is 0 Å². The van der Waals surface area contributed by atoms with Crippen LogP contribution in [-0.4, -0.2) is 33.2 Å². The molecule has 0 spiro atoms. The Balaban J connectivity index is 4.00. The molecule has 0 saturated heterocycles. The fourth-order valence-corrected chi connectivity index (χ4v) is 1.03. The lowest BCUT2D eigenvalue weighted by atomic mass is 10.4. The van der Waals surface area contributed by atoms with E-state index in [1.807, 2.05) is 0 Å². The Labute approximate surface area is 67.9 Å². The van der Waals surface area contributed by atoms with Crippen LogP contribution in [-0.2, 0) is 9.59 Å². The number of carboxylic acid groups (broad SMARTS) is 2. The van der Waals surface area contributed by atoms with Gasteiger partial charge < -0.3 is 10.2 Å². The van der Waals surface area contributed by atoms with Gasteiger partial charge >= 0.3 is 11.9 Å². The van der Waals surface area contributed by atoms with Crippen molar-refractivity contribution >= 4 is 23.7 Å². The lowest BCUT2D eigenvalue weighted by Crippen LogP contribution is -2.26. The average molecular weight is 176 g/mol. The zero-order valence-corrected chi connectivity index (χ0v) is 6.50. The molecule has 0 aliphatic heterocycles. The number of carboxylic acids is 2. The fraction of sp³-hybridized carbons (Fsp3) is 0.333. The zero-order valence-electron chi connectivity index (χ0n) is 5.69. The van der Waals surface area contributed by atoms with Crippen LogP contribution in [0.2, 0.25) is 0 Å². The monoisotopic (exact) mass is 176 g/mol. The Morgan fingerprint density at radius 3 is 2.18 bits per heavy atom. The molecule has 0 amide bonds. The summed E-state index contributed by atoms with van der Waals surface area (Å²) in [7, 11) is 0. The van der Waals surface area contributed by atoms with E-state index in [2.05, 4.69) is 6.58 Å². The van der Waals surface area contributed by atoms with Gasteiger partial charge in [-0.25, -0.2) is 0 Å². The third-order valence-corrected chi connectivity index (χ3v) is 1.99. The number of rotatable bonds is 5. The molecule has 0 fully saturated rings. The summed E-state index contributed by atoms with van der Waals surface area (Å²) in [6.07, 6.45) is 1.46. The molecule has 0 aliphatic carbocycles. The van der Waals surface area contributed by atoms with Gasteiger partial charge in [0.25, 0.3) is 0 Å². The molecule has 0 rings (SSSR count). The summed E-state index contributed by atoms with van der Waals surface area (Å²) < 4.78 is 0. The molecule has 11 heavy (non-hydrogen) atoms. The molecule has 0 heterocycles. The maximum absolute atomic E-state index is 10.2. The van der Waals surface area contributed by atoms with Crippen molar-refractivity contribution in [2.45, 2.75) is 5.25 Å². The first-order valence-electron chi connectivity index (χ1n) is 2.77. The van der Waals surface area contributed by atoms with E-state index in [1.165, 1.54) is 6.08 Å². The molecular formula is C6H8O4S. The summed E-state index contributed by atoms with van der Waals surface area (Å²) >= 11 is 0.821. The number of carbonyl (C=O) groups is 2. The highest BCUT2D eigenvalue weighted by molar-refractivity contribution is 8.01. The first kappa shape index (κ1) is 10.0. The lowest BCUT2D eigenvalue weighted by molar-refractivity contribution is -0.146. The molecule has 0 aromatic rings. The molecule has 4 nitrogen and oxygen atoms in total. The molecule has 0 bridgehead atoms. The fourth-order valence-electron chi connectivity index (χ4n) is 0.412. The van der Waals surface area contributed by atoms with Crippen LogP contribution >= 0.6 is 11.8 Å². The van der Waals surface area contributed by atoms with Crippen LogP contribution in [0.15, 0.2) is 12.7 Å². The number of hydrogen-bond acceptors (Lipinski definition) is 3. The Morgan fingerprint density at radius 2 is 1.91 bits per heavy atom. The van der Waals surface area contributed by atoms with Gasteiger partial charge in [-0.05, 0) is 0 Å². The van der Waals surface area contributed by atoms with Crippen molar-refractivity contribution in [3.8, 4) is 0 Å². The Bertz CT molecular complexity index is 163. The van der Waals surface area contributed by atoms with Gasteiger partial charge in [0.05, 0.1) is 0 Å². The molecular weight excluding hydrogens is 168 g/mol.